The molecule has 1 aliphatic carbocycles. The molecule has 0 radical (unpaired) electrons. The van der Waals surface area contributed by atoms with Crippen LogP contribution in [0, 0.1) is 6.92 Å². The molecule has 340 valence electrons. The molecule has 16 heteroatoms. The van der Waals surface area contributed by atoms with Crippen molar-refractivity contribution >= 4 is 56.9 Å². The Morgan fingerprint density at radius 1 is 0.848 bits per heavy atom. The van der Waals surface area contributed by atoms with Gasteiger partial charge in [0.2, 0.25) is 11.9 Å². The van der Waals surface area contributed by atoms with E-state index in [2.05, 4.69) is 60.8 Å². The van der Waals surface area contributed by atoms with Crippen LogP contribution >= 0.6 is 0 Å². The van der Waals surface area contributed by atoms with Gasteiger partial charge in [-0.3, -0.25) is 38.8 Å². The second-order valence-corrected chi connectivity index (χ2v) is 18.6. The number of fused-ring (bicyclic) bond motifs is 2. The molecule has 66 heavy (non-hydrogen) atoms. The summed E-state index contributed by atoms with van der Waals surface area (Å²) in [5.41, 5.74) is 4.05. The normalized spacial score (nSPS) is 19.7. The molecular formula is C50H54N10O6. The fraction of sp³-hybridized carbons (Fsp3) is 0.420. The van der Waals surface area contributed by atoms with Gasteiger partial charge in [0.05, 0.1) is 22.7 Å². The highest BCUT2D eigenvalue weighted by molar-refractivity contribution is 6.00. The number of rotatable bonds is 10. The molecule has 0 spiro atoms. The summed E-state index contributed by atoms with van der Waals surface area (Å²) < 4.78 is 2.88. The van der Waals surface area contributed by atoms with E-state index in [-0.39, 0.29) is 41.7 Å². The first-order valence-electron chi connectivity index (χ1n) is 23.2. The Hall–Kier alpha value is -6.65. The number of likely N-dealkylation sites (tertiary alicyclic amines) is 1. The highest BCUT2D eigenvalue weighted by Gasteiger charge is 2.35. The first-order chi connectivity index (χ1) is 31.9. The van der Waals surface area contributed by atoms with E-state index in [0.717, 1.165) is 81.5 Å². The zero-order chi connectivity index (χ0) is 45.7. The van der Waals surface area contributed by atoms with Gasteiger partial charge in [-0.15, -0.1) is 0 Å². The number of aliphatic hydroxyl groups is 1. The van der Waals surface area contributed by atoms with Crippen LogP contribution in [0.25, 0.3) is 21.8 Å². The Bertz CT molecular complexity index is 2980. The summed E-state index contributed by atoms with van der Waals surface area (Å²) in [7, 11) is 0. The second kappa shape index (κ2) is 17.6. The lowest BCUT2D eigenvalue weighted by Gasteiger charge is -2.38. The number of nitrogens with one attached hydrogen (secondary N) is 2. The first kappa shape index (κ1) is 43.3. The summed E-state index contributed by atoms with van der Waals surface area (Å²) in [6, 6.07) is 17.4. The fourth-order valence-corrected chi connectivity index (χ4v) is 10.6. The number of aromatic nitrogens is 6. The lowest BCUT2D eigenvalue weighted by atomic mass is 9.83. The number of piperidine rings is 3. The highest BCUT2D eigenvalue weighted by Crippen LogP contribution is 2.36. The minimum atomic E-state index is -1.03. The number of carbonyl (C=O) groups excluding carboxylic acids is 3. The molecule has 3 aliphatic heterocycles. The number of hydrogen-bond acceptors (Lipinski definition) is 13. The topological polar surface area (TPSA) is 198 Å². The number of anilines is 3. The number of aryl methyl sites for hydroxylation is 1. The molecule has 7 heterocycles. The smallest absolute Gasteiger partial charge is 0.275 e. The summed E-state index contributed by atoms with van der Waals surface area (Å²) >= 11 is 0. The van der Waals surface area contributed by atoms with Crippen molar-refractivity contribution in [2.24, 2.45) is 0 Å². The number of Topliss-reactive ketones (excluding diaryl/α,β-unsaturated/α-hetero) is 1. The second-order valence-electron chi connectivity index (χ2n) is 18.6. The van der Waals surface area contributed by atoms with Gasteiger partial charge >= 0.3 is 0 Å². The Labute approximate surface area is 381 Å². The van der Waals surface area contributed by atoms with E-state index in [1.807, 2.05) is 18.3 Å². The van der Waals surface area contributed by atoms with E-state index in [1.165, 1.54) is 23.7 Å². The van der Waals surface area contributed by atoms with Gasteiger partial charge in [0, 0.05) is 74.0 Å². The third kappa shape index (κ3) is 8.27. The minimum Gasteiger partial charge on any atom is -0.385 e. The van der Waals surface area contributed by atoms with Crippen molar-refractivity contribution in [3.8, 4) is 0 Å². The van der Waals surface area contributed by atoms with Crippen LogP contribution in [0.3, 0.4) is 0 Å². The lowest BCUT2D eigenvalue weighted by Crippen LogP contribution is -2.45. The number of imide groups is 1. The van der Waals surface area contributed by atoms with Crippen LogP contribution in [0.5, 0.6) is 0 Å². The maximum atomic E-state index is 13.6. The minimum absolute atomic E-state index is 0.00961. The molecule has 1 unspecified atom stereocenters. The lowest BCUT2D eigenvalue weighted by molar-refractivity contribution is -0.136. The fourth-order valence-electron chi connectivity index (χ4n) is 10.6. The van der Waals surface area contributed by atoms with Crippen LogP contribution in [0.15, 0.2) is 82.8 Å². The van der Waals surface area contributed by atoms with Gasteiger partial charge in [0.1, 0.15) is 17.5 Å². The van der Waals surface area contributed by atoms with E-state index in [4.69, 9.17) is 9.97 Å². The number of nitrogens with zero attached hydrogens (tertiary/aromatic N) is 8. The molecule has 2 aromatic carbocycles. The number of hydrogen-bond donors (Lipinski definition) is 3. The van der Waals surface area contributed by atoms with Crippen LogP contribution < -0.4 is 26.7 Å². The van der Waals surface area contributed by atoms with Gasteiger partial charge < -0.3 is 15.3 Å². The van der Waals surface area contributed by atoms with Crippen LogP contribution in [-0.2, 0) is 21.7 Å². The highest BCUT2D eigenvalue weighted by atomic mass is 16.3. The zero-order valence-corrected chi connectivity index (χ0v) is 37.3. The Balaban J connectivity index is 0.720. The molecule has 3 saturated heterocycles. The summed E-state index contributed by atoms with van der Waals surface area (Å²) in [6.45, 7) is 7.34. The molecule has 2 amide bonds. The third-order valence-electron chi connectivity index (χ3n) is 14.5. The van der Waals surface area contributed by atoms with E-state index < -0.39 is 23.1 Å². The van der Waals surface area contributed by atoms with Crippen molar-refractivity contribution in [3.63, 3.8) is 0 Å². The SMILES string of the molecule is CC(=O)c1c(C)c2cnc(Nc3ccc(C4CCN(c5ccc(CN6CCC(O)(c7ccc8c(=O)n(C9CCC(=O)NC9=O)ncc8c7)CC6)cc5)CC4)cn3)nc2n(C2CCCC2)c1=O. The largest absolute Gasteiger partial charge is 0.385 e. The summed E-state index contributed by atoms with van der Waals surface area (Å²) in [5.74, 6) is 0.254. The zero-order valence-electron chi connectivity index (χ0n) is 37.3. The van der Waals surface area contributed by atoms with Crippen molar-refractivity contribution in [2.75, 3.05) is 36.4 Å². The molecule has 4 fully saturated rings. The number of ketones is 1. The molecule has 1 atom stereocenters. The van der Waals surface area contributed by atoms with Gasteiger partial charge in [-0.05, 0) is 117 Å². The average Bonchev–Trinajstić information content (AvgIpc) is 3.85. The van der Waals surface area contributed by atoms with E-state index in [1.54, 1.807) is 36.0 Å². The van der Waals surface area contributed by atoms with Crippen molar-refractivity contribution in [1.29, 1.82) is 0 Å². The van der Waals surface area contributed by atoms with Crippen LogP contribution in [0.4, 0.5) is 17.5 Å². The molecule has 0 bridgehead atoms. The number of amides is 2. The van der Waals surface area contributed by atoms with Crippen molar-refractivity contribution in [2.45, 2.75) is 108 Å². The molecule has 1 saturated carbocycles. The molecule has 3 N–H and O–H groups in total. The Morgan fingerprint density at radius 3 is 2.30 bits per heavy atom. The monoisotopic (exact) mass is 890 g/mol. The van der Waals surface area contributed by atoms with Gasteiger partial charge in [-0.1, -0.05) is 37.1 Å². The predicted octanol–water partition coefficient (Wildman–Crippen LogP) is 6.11. The Morgan fingerprint density at radius 2 is 1.61 bits per heavy atom. The number of carbonyl (C=O) groups is 3. The van der Waals surface area contributed by atoms with E-state index >= 15 is 0 Å². The molecular weight excluding hydrogens is 837 g/mol. The standard InChI is InChI=1S/C50H54N10O6/c1-30-40-28-52-49(56-45(40)59(38-5-3-4-6-38)48(65)44(30)31(2)61)54-42-15-9-34(26-51-42)33-17-21-58(22-18-33)37-11-7-32(8-12-37)29-57-23-19-50(66,20-24-57)36-10-13-39-35(25-36)27-53-60(47(39)64)41-14-16-43(62)55-46(41)63/h7-13,15,25-28,33,38,41,66H,3-6,14,16-24,29H2,1-2H3,(H,55,62,63)(H,51,52,54,56). The molecule has 4 aliphatic rings. The number of pyridine rings is 2. The van der Waals surface area contributed by atoms with Gasteiger partial charge in [0.25, 0.3) is 17.0 Å². The van der Waals surface area contributed by atoms with E-state index in [9.17, 15) is 29.1 Å². The number of benzene rings is 2. The predicted molar refractivity (Wildman–Crippen MR) is 250 cm³/mol. The van der Waals surface area contributed by atoms with Gasteiger partial charge in [-0.2, -0.15) is 10.1 Å². The summed E-state index contributed by atoms with van der Waals surface area (Å²) in [6.07, 6.45) is 12.5. The van der Waals surface area contributed by atoms with Gasteiger partial charge in [-0.25, -0.2) is 14.6 Å². The molecule has 10 rings (SSSR count). The molecule has 6 aromatic rings. The Kier molecular flexibility index (Phi) is 11.6. The van der Waals surface area contributed by atoms with Crippen molar-refractivity contribution < 1.29 is 19.5 Å². The van der Waals surface area contributed by atoms with Gasteiger partial charge in [0.15, 0.2) is 5.78 Å². The molecule has 4 aromatic heterocycles. The molecule has 16 nitrogen and oxygen atoms in total. The summed E-state index contributed by atoms with van der Waals surface area (Å²) in [4.78, 5) is 82.3. The van der Waals surface area contributed by atoms with E-state index in [0.29, 0.717) is 57.9 Å². The maximum absolute atomic E-state index is 13.6. The third-order valence-corrected chi connectivity index (χ3v) is 14.5. The van der Waals surface area contributed by atoms with Crippen LogP contribution in [0.1, 0.15) is 122 Å². The van der Waals surface area contributed by atoms with Crippen molar-refractivity contribution in [3.05, 3.63) is 122 Å². The summed E-state index contributed by atoms with van der Waals surface area (Å²) in [5, 5.41) is 23.3. The van der Waals surface area contributed by atoms with Crippen molar-refractivity contribution in [1.82, 2.24) is 39.5 Å². The van der Waals surface area contributed by atoms with Crippen LogP contribution in [-0.4, -0.2) is 83.1 Å². The van der Waals surface area contributed by atoms with Crippen LogP contribution in [0.2, 0.25) is 0 Å². The quantitative estimate of drug-likeness (QED) is 0.105. The average molecular weight is 891 g/mol. The maximum Gasteiger partial charge on any atom is 0.275 e. The first-order valence-corrected chi connectivity index (χ1v) is 23.2.